The predicted octanol–water partition coefficient (Wildman–Crippen LogP) is 0.0102. The first-order valence-corrected chi connectivity index (χ1v) is 9.67. The minimum atomic E-state index is -0.785. The molecule has 10 nitrogen and oxygen atoms in total. The Bertz CT molecular complexity index is 1030. The summed E-state index contributed by atoms with van der Waals surface area (Å²) in [7, 11) is 0. The van der Waals surface area contributed by atoms with Gasteiger partial charge in [-0.3, -0.25) is 28.8 Å². The van der Waals surface area contributed by atoms with Crippen LogP contribution in [-0.4, -0.2) is 45.3 Å². The fourth-order valence-electron chi connectivity index (χ4n) is 3.81. The van der Waals surface area contributed by atoms with Crippen LogP contribution in [0.5, 0.6) is 0 Å². The van der Waals surface area contributed by atoms with E-state index in [0.29, 0.717) is 18.7 Å². The van der Waals surface area contributed by atoms with Gasteiger partial charge in [-0.25, -0.2) is 4.79 Å². The average Bonchev–Trinajstić information content (AvgIpc) is 3.16. The molecule has 1 amide bonds. The van der Waals surface area contributed by atoms with Crippen LogP contribution in [-0.2, 0) is 11.3 Å². The van der Waals surface area contributed by atoms with Crippen molar-refractivity contribution in [3.05, 3.63) is 50.6 Å². The fourth-order valence-corrected chi connectivity index (χ4v) is 3.81. The van der Waals surface area contributed by atoms with Crippen molar-refractivity contribution in [2.24, 2.45) is 0 Å². The number of H-pyrrole nitrogens is 1. The number of nitrogen functional groups attached to an aromatic ring is 1. The molecule has 1 aliphatic carbocycles. The number of nitrogens with zero attached hydrogens (tertiary/aromatic N) is 2. The average molecular weight is 401 g/mol. The topological polar surface area (TPSA) is 143 Å². The molecule has 4 rings (SSSR count). The van der Waals surface area contributed by atoms with Crippen LogP contribution in [0.1, 0.15) is 47.8 Å². The molecule has 1 atom stereocenters. The molecule has 3 heterocycles. The molecular formula is C19H23N5O5. The predicted molar refractivity (Wildman–Crippen MR) is 103 cm³/mol. The Balaban J connectivity index is 1.47. The Morgan fingerprint density at radius 1 is 1.28 bits per heavy atom. The Morgan fingerprint density at radius 2 is 2.07 bits per heavy atom. The van der Waals surface area contributed by atoms with Gasteiger partial charge in [-0.1, -0.05) is 0 Å². The summed E-state index contributed by atoms with van der Waals surface area (Å²) < 4.78 is 6.49. The summed E-state index contributed by atoms with van der Waals surface area (Å²) in [6.07, 6.45) is 4.48. The molecule has 1 saturated carbocycles. The van der Waals surface area contributed by atoms with Gasteiger partial charge >= 0.3 is 5.69 Å². The van der Waals surface area contributed by atoms with E-state index < -0.39 is 23.1 Å². The Hall–Kier alpha value is -3.14. The van der Waals surface area contributed by atoms with Crippen LogP contribution < -0.4 is 22.3 Å². The smallest absolute Gasteiger partial charge is 0.330 e. The summed E-state index contributed by atoms with van der Waals surface area (Å²) in [5.41, 5.74) is 4.42. The first-order chi connectivity index (χ1) is 14.0. The van der Waals surface area contributed by atoms with Crippen molar-refractivity contribution in [3.8, 4) is 0 Å². The molecule has 2 aliphatic rings. The van der Waals surface area contributed by atoms with Crippen LogP contribution in [0, 0.1) is 0 Å². The van der Waals surface area contributed by atoms with Gasteiger partial charge in [0.05, 0.1) is 25.4 Å². The van der Waals surface area contributed by atoms with Crippen molar-refractivity contribution < 1.29 is 14.0 Å². The summed E-state index contributed by atoms with van der Waals surface area (Å²) in [6.45, 7) is 0.711. The molecular weight excluding hydrogens is 378 g/mol. The summed E-state index contributed by atoms with van der Waals surface area (Å²) in [5, 5.41) is 2.81. The summed E-state index contributed by atoms with van der Waals surface area (Å²) in [5.74, 6) is -0.148. The zero-order chi connectivity index (χ0) is 20.5. The van der Waals surface area contributed by atoms with Crippen LogP contribution in [0.2, 0.25) is 0 Å². The lowest BCUT2D eigenvalue weighted by Crippen LogP contribution is -2.46. The number of furan rings is 1. The second kappa shape index (κ2) is 7.70. The van der Waals surface area contributed by atoms with E-state index in [9.17, 15) is 19.2 Å². The monoisotopic (exact) mass is 401 g/mol. The lowest BCUT2D eigenvalue weighted by molar-refractivity contribution is -0.125. The molecule has 2 aromatic rings. The highest BCUT2D eigenvalue weighted by Gasteiger charge is 2.34. The number of hydrogen-bond acceptors (Lipinski definition) is 7. The van der Waals surface area contributed by atoms with Crippen molar-refractivity contribution in [1.29, 1.82) is 0 Å². The number of carbonyl (C=O) groups is 2. The highest BCUT2D eigenvalue weighted by molar-refractivity contribution is 6.01. The number of aromatic amines is 1. The summed E-state index contributed by atoms with van der Waals surface area (Å²) in [4.78, 5) is 53.6. The number of Topliss-reactive ketones (excluding diaryl/α,β-unsaturated/α-hetero) is 1. The van der Waals surface area contributed by atoms with Crippen LogP contribution >= 0.6 is 0 Å². The minimum absolute atomic E-state index is 0.0715. The molecule has 29 heavy (non-hydrogen) atoms. The highest BCUT2D eigenvalue weighted by Crippen LogP contribution is 2.35. The number of anilines is 1. The van der Waals surface area contributed by atoms with E-state index in [2.05, 4.69) is 10.3 Å². The van der Waals surface area contributed by atoms with E-state index in [1.54, 1.807) is 17.0 Å². The van der Waals surface area contributed by atoms with Crippen LogP contribution in [0.3, 0.4) is 0 Å². The van der Waals surface area contributed by atoms with Gasteiger partial charge in [-0.15, -0.1) is 0 Å². The SMILES string of the molecule is Nc1c(C(=O)CN2CCC[C@H]2C(=O)NCc2ccco2)c(=O)[nH]c(=O)n1C1CC1. The number of amides is 1. The van der Waals surface area contributed by atoms with Crippen molar-refractivity contribution in [2.75, 3.05) is 18.8 Å². The normalized spacial score (nSPS) is 19.4. The Labute approximate surface area is 165 Å². The van der Waals surface area contributed by atoms with Gasteiger partial charge < -0.3 is 15.5 Å². The van der Waals surface area contributed by atoms with E-state index in [0.717, 1.165) is 19.3 Å². The second-order valence-electron chi connectivity index (χ2n) is 7.47. The maximum atomic E-state index is 12.9. The van der Waals surface area contributed by atoms with Crippen molar-refractivity contribution >= 4 is 17.5 Å². The van der Waals surface area contributed by atoms with E-state index in [4.69, 9.17) is 10.2 Å². The van der Waals surface area contributed by atoms with Gasteiger partial charge in [-0.2, -0.15) is 0 Å². The second-order valence-corrected chi connectivity index (χ2v) is 7.47. The van der Waals surface area contributed by atoms with Crippen LogP contribution in [0.4, 0.5) is 5.82 Å². The molecule has 0 bridgehead atoms. The lowest BCUT2D eigenvalue weighted by atomic mass is 10.1. The third-order valence-electron chi connectivity index (χ3n) is 5.40. The molecule has 0 unspecified atom stereocenters. The molecule has 1 saturated heterocycles. The van der Waals surface area contributed by atoms with Crippen molar-refractivity contribution in [3.63, 3.8) is 0 Å². The summed E-state index contributed by atoms with van der Waals surface area (Å²) >= 11 is 0. The molecule has 2 fully saturated rings. The third kappa shape index (κ3) is 3.88. The van der Waals surface area contributed by atoms with E-state index in [-0.39, 0.29) is 36.4 Å². The zero-order valence-electron chi connectivity index (χ0n) is 15.8. The van der Waals surface area contributed by atoms with E-state index in [1.165, 1.54) is 10.8 Å². The number of ketones is 1. The zero-order valence-corrected chi connectivity index (χ0v) is 15.8. The maximum Gasteiger partial charge on any atom is 0.330 e. The molecule has 1 aliphatic heterocycles. The number of likely N-dealkylation sites (tertiary alicyclic amines) is 1. The van der Waals surface area contributed by atoms with Gasteiger partial charge in [0.2, 0.25) is 5.91 Å². The van der Waals surface area contributed by atoms with Gasteiger partial charge in [0.25, 0.3) is 5.56 Å². The van der Waals surface area contributed by atoms with E-state index in [1.807, 2.05) is 0 Å². The minimum Gasteiger partial charge on any atom is -0.467 e. The molecule has 0 spiro atoms. The fraction of sp³-hybridized carbons (Fsp3) is 0.474. The van der Waals surface area contributed by atoms with E-state index >= 15 is 0 Å². The Kier molecular flexibility index (Phi) is 5.10. The number of nitrogens with two attached hydrogens (primary N) is 1. The standard InChI is InChI=1S/C19H23N5O5/c20-16-15(18(27)22-19(28)24(16)11-5-6-11)14(25)10-23-7-1-4-13(23)17(26)21-9-12-3-2-8-29-12/h2-3,8,11,13H,1,4-7,9-10,20H2,(H,21,26)(H,22,27,28)/t13-/m0/s1. The molecule has 10 heteroatoms. The number of aromatic nitrogens is 2. The third-order valence-corrected chi connectivity index (χ3v) is 5.40. The quantitative estimate of drug-likeness (QED) is 0.555. The largest absolute Gasteiger partial charge is 0.467 e. The molecule has 0 radical (unpaired) electrons. The van der Waals surface area contributed by atoms with Gasteiger partial charge in [0.1, 0.15) is 17.1 Å². The van der Waals surface area contributed by atoms with Crippen molar-refractivity contribution in [2.45, 2.75) is 44.3 Å². The molecule has 0 aromatic carbocycles. The molecule has 4 N–H and O–H groups in total. The Morgan fingerprint density at radius 3 is 2.76 bits per heavy atom. The van der Waals surface area contributed by atoms with Crippen LogP contribution in [0.15, 0.2) is 32.4 Å². The van der Waals surface area contributed by atoms with Gasteiger partial charge in [-0.05, 0) is 44.4 Å². The number of hydrogen-bond donors (Lipinski definition) is 3. The van der Waals surface area contributed by atoms with Gasteiger partial charge in [0, 0.05) is 6.04 Å². The number of rotatable bonds is 7. The first kappa shape index (κ1) is 19.2. The number of carbonyl (C=O) groups excluding carboxylic acids is 2. The molecule has 2 aromatic heterocycles. The lowest BCUT2D eigenvalue weighted by Gasteiger charge is -2.23. The maximum absolute atomic E-state index is 12.9. The van der Waals surface area contributed by atoms with Crippen LogP contribution in [0.25, 0.3) is 0 Å². The number of nitrogens with one attached hydrogen (secondary N) is 2. The van der Waals surface area contributed by atoms with Crippen molar-refractivity contribution in [1.82, 2.24) is 19.8 Å². The highest BCUT2D eigenvalue weighted by atomic mass is 16.3. The first-order valence-electron chi connectivity index (χ1n) is 9.67. The van der Waals surface area contributed by atoms with Gasteiger partial charge in [0.15, 0.2) is 5.78 Å². The molecule has 154 valence electrons. The summed E-state index contributed by atoms with van der Waals surface area (Å²) in [6, 6.07) is 2.96.